The van der Waals surface area contributed by atoms with Gasteiger partial charge in [-0.25, -0.2) is 0 Å². The Bertz CT molecular complexity index is 323. The van der Waals surface area contributed by atoms with Crippen LogP contribution in [-0.4, -0.2) is 12.5 Å². The topological polar surface area (TPSA) is 50.4 Å². The lowest BCUT2D eigenvalue weighted by molar-refractivity contribution is 0.929. The number of aliphatic imine (C=N–C) groups is 1. The van der Waals surface area contributed by atoms with Crippen LogP contribution in [0.1, 0.15) is 13.3 Å². The molecule has 1 rings (SSSR count). The van der Waals surface area contributed by atoms with E-state index in [1.165, 1.54) is 0 Å². The molecule has 0 aliphatic carbocycles. The molecule has 0 aromatic heterocycles. The third kappa shape index (κ3) is 3.38. The van der Waals surface area contributed by atoms with Crippen molar-refractivity contribution in [1.29, 1.82) is 0 Å². The molecule has 4 heteroatoms. The molecule has 3 nitrogen and oxygen atoms in total. The van der Waals surface area contributed by atoms with E-state index < -0.39 is 0 Å². The van der Waals surface area contributed by atoms with Crippen molar-refractivity contribution < 1.29 is 0 Å². The van der Waals surface area contributed by atoms with E-state index in [0.717, 1.165) is 23.1 Å². The number of nitrogens with zero attached hydrogens (tertiary/aromatic N) is 1. The molecule has 0 bridgehead atoms. The largest absolute Gasteiger partial charge is 0.370 e. The van der Waals surface area contributed by atoms with Gasteiger partial charge in [0.15, 0.2) is 5.96 Å². The van der Waals surface area contributed by atoms with Gasteiger partial charge in [0.1, 0.15) is 0 Å². The van der Waals surface area contributed by atoms with Crippen LogP contribution in [0.5, 0.6) is 0 Å². The van der Waals surface area contributed by atoms with Crippen molar-refractivity contribution in [3.05, 3.63) is 28.7 Å². The van der Waals surface area contributed by atoms with Gasteiger partial charge in [-0.3, -0.25) is 4.99 Å². The molecular weight excluding hydrogens is 242 g/mol. The number of nitrogens with one attached hydrogen (secondary N) is 1. The molecule has 0 fully saturated rings. The maximum Gasteiger partial charge on any atom is 0.193 e. The van der Waals surface area contributed by atoms with Crippen LogP contribution < -0.4 is 11.1 Å². The Morgan fingerprint density at radius 2 is 2.21 bits per heavy atom. The third-order valence-corrected chi connectivity index (χ3v) is 2.33. The molecule has 0 aliphatic heterocycles. The number of nitrogens with two attached hydrogens (primary N) is 1. The van der Waals surface area contributed by atoms with E-state index in [9.17, 15) is 0 Å². The van der Waals surface area contributed by atoms with Crippen LogP contribution in [0.15, 0.2) is 33.7 Å². The molecule has 0 spiro atoms. The molecule has 0 unspecified atom stereocenters. The molecule has 0 saturated carbocycles. The molecule has 14 heavy (non-hydrogen) atoms. The molecule has 3 N–H and O–H groups in total. The van der Waals surface area contributed by atoms with E-state index >= 15 is 0 Å². The number of guanidine groups is 1. The molecule has 1 aromatic rings. The average molecular weight is 256 g/mol. The van der Waals surface area contributed by atoms with Crippen molar-refractivity contribution in [2.75, 3.05) is 11.9 Å². The minimum Gasteiger partial charge on any atom is -0.370 e. The fourth-order valence-electron chi connectivity index (χ4n) is 0.972. The average Bonchev–Trinajstić information content (AvgIpc) is 2.18. The van der Waals surface area contributed by atoms with Gasteiger partial charge >= 0.3 is 0 Å². The maximum absolute atomic E-state index is 5.68. The second-order valence-corrected chi connectivity index (χ2v) is 3.73. The number of benzene rings is 1. The first-order valence-corrected chi connectivity index (χ1v) is 5.34. The van der Waals surface area contributed by atoms with Crippen LogP contribution >= 0.6 is 15.9 Å². The number of para-hydroxylation sites is 1. The van der Waals surface area contributed by atoms with Gasteiger partial charge in [0, 0.05) is 11.0 Å². The second-order valence-electron chi connectivity index (χ2n) is 2.87. The summed E-state index contributed by atoms with van der Waals surface area (Å²) in [7, 11) is 0. The van der Waals surface area contributed by atoms with Gasteiger partial charge in [-0.2, -0.15) is 0 Å². The summed E-state index contributed by atoms with van der Waals surface area (Å²) in [5.41, 5.74) is 6.61. The maximum atomic E-state index is 5.68. The number of hydrogen-bond acceptors (Lipinski definition) is 1. The first kappa shape index (κ1) is 11.0. The third-order valence-electron chi connectivity index (χ3n) is 1.64. The lowest BCUT2D eigenvalue weighted by Crippen LogP contribution is -2.22. The Morgan fingerprint density at radius 1 is 1.50 bits per heavy atom. The quantitative estimate of drug-likeness (QED) is 0.645. The van der Waals surface area contributed by atoms with E-state index in [2.05, 4.69) is 33.2 Å². The van der Waals surface area contributed by atoms with E-state index in [0.29, 0.717) is 5.96 Å². The van der Waals surface area contributed by atoms with E-state index in [1.807, 2.05) is 24.3 Å². The summed E-state index contributed by atoms with van der Waals surface area (Å²) >= 11 is 3.42. The zero-order chi connectivity index (χ0) is 10.4. The van der Waals surface area contributed by atoms with Gasteiger partial charge in [-0.15, -0.1) is 0 Å². The smallest absolute Gasteiger partial charge is 0.193 e. The van der Waals surface area contributed by atoms with Crippen molar-refractivity contribution in [3.8, 4) is 0 Å². The molecule has 0 amide bonds. The van der Waals surface area contributed by atoms with Crippen molar-refractivity contribution in [1.82, 2.24) is 0 Å². The van der Waals surface area contributed by atoms with Gasteiger partial charge in [0.05, 0.1) is 5.69 Å². The zero-order valence-corrected chi connectivity index (χ0v) is 9.71. The number of anilines is 1. The molecule has 0 aliphatic rings. The summed E-state index contributed by atoms with van der Waals surface area (Å²) in [5, 5.41) is 3.03. The highest BCUT2D eigenvalue weighted by molar-refractivity contribution is 9.10. The van der Waals surface area contributed by atoms with Crippen molar-refractivity contribution >= 4 is 27.6 Å². The predicted octanol–water partition coefficient (Wildman–Crippen LogP) is 2.59. The zero-order valence-electron chi connectivity index (χ0n) is 8.13. The first-order valence-electron chi connectivity index (χ1n) is 4.55. The molecule has 0 radical (unpaired) electrons. The molecule has 1 aromatic carbocycles. The summed E-state index contributed by atoms with van der Waals surface area (Å²) in [4.78, 5) is 4.14. The summed E-state index contributed by atoms with van der Waals surface area (Å²) in [5.74, 6) is 0.457. The molecule has 0 atom stereocenters. The molecule has 0 saturated heterocycles. The molecule has 76 valence electrons. The fraction of sp³-hybridized carbons (Fsp3) is 0.300. The van der Waals surface area contributed by atoms with Gasteiger partial charge in [0.25, 0.3) is 0 Å². The Morgan fingerprint density at radius 3 is 2.86 bits per heavy atom. The van der Waals surface area contributed by atoms with Crippen LogP contribution in [0.4, 0.5) is 5.69 Å². The van der Waals surface area contributed by atoms with Gasteiger partial charge < -0.3 is 11.1 Å². The fourth-order valence-corrected chi connectivity index (χ4v) is 1.36. The van der Waals surface area contributed by atoms with Gasteiger partial charge in [-0.1, -0.05) is 19.1 Å². The normalized spacial score (nSPS) is 11.4. The van der Waals surface area contributed by atoms with E-state index in [4.69, 9.17) is 5.73 Å². The second kappa shape index (κ2) is 5.65. The van der Waals surface area contributed by atoms with Crippen molar-refractivity contribution in [2.45, 2.75) is 13.3 Å². The van der Waals surface area contributed by atoms with Gasteiger partial charge in [0.2, 0.25) is 0 Å². The molecular formula is C10H14BrN3. The minimum atomic E-state index is 0.457. The summed E-state index contributed by atoms with van der Waals surface area (Å²) < 4.78 is 0.981. The Kier molecular flexibility index (Phi) is 4.46. The summed E-state index contributed by atoms with van der Waals surface area (Å²) in [6.45, 7) is 2.82. The Labute approximate surface area is 92.5 Å². The van der Waals surface area contributed by atoms with E-state index in [-0.39, 0.29) is 0 Å². The van der Waals surface area contributed by atoms with Crippen LogP contribution in [0.25, 0.3) is 0 Å². The molecule has 0 heterocycles. The first-order chi connectivity index (χ1) is 6.74. The Hall–Kier alpha value is -1.03. The van der Waals surface area contributed by atoms with Crippen LogP contribution in [0.2, 0.25) is 0 Å². The number of hydrogen-bond donors (Lipinski definition) is 2. The highest BCUT2D eigenvalue weighted by Gasteiger charge is 1.98. The van der Waals surface area contributed by atoms with Crippen LogP contribution in [0.3, 0.4) is 0 Å². The Balaban J connectivity index is 2.64. The summed E-state index contributed by atoms with van der Waals surface area (Å²) in [6, 6.07) is 7.79. The highest BCUT2D eigenvalue weighted by atomic mass is 79.9. The van der Waals surface area contributed by atoms with E-state index in [1.54, 1.807) is 0 Å². The number of halogens is 1. The summed E-state index contributed by atoms with van der Waals surface area (Å²) in [6.07, 6.45) is 0.998. The monoisotopic (exact) mass is 255 g/mol. The SMILES string of the molecule is CCCN=C(N)Nc1ccccc1Br. The lowest BCUT2D eigenvalue weighted by atomic mass is 10.3. The lowest BCUT2D eigenvalue weighted by Gasteiger charge is -2.06. The van der Waals surface area contributed by atoms with Gasteiger partial charge in [-0.05, 0) is 34.5 Å². The van der Waals surface area contributed by atoms with Crippen LogP contribution in [0, 0.1) is 0 Å². The minimum absolute atomic E-state index is 0.457. The number of rotatable bonds is 3. The standard InChI is InChI=1S/C10H14BrN3/c1-2-7-13-10(12)14-9-6-4-3-5-8(9)11/h3-6H,2,7H2,1H3,(H3,12,13,14). The predicted molar refractivity (Wildman–Crippen MR) is 64.5 cm³/mol. The highest BCUT2D eigenvalue weighted by Crippen LogP contribution is 2.20. The van der Waals surface area contributed by atoms with Crippen molar-refractivity contribution in [2.24, 2.45) is 10.7 Å². The van der Waals surface area contributed by atoms with Crippen molar-refractivity contribution in [3.63, 3.8) is 0 Å². The van der Waals surface area contributed by atoms with Crippen LogP contribution in [-0.2, 0) is 0 Å².